The Morgan fingerprint density at radius 2 is 2.09 bits per heavy atom. The number of phenols is 2. The highest BCUT2D eigenvalue weighted by molar-refractivity contribution is 5.97. The fraction of sp³-hybridized carbons (Fsp3) is 0.118. The van der Waals surface area contributed by atoms with E-state index in [0.717, 1.165) is 5.69 Å². The van der Waals surface area contributed by atoms with Crippen molar-refractivity contribution in [3.05, 3.63) is 59.4 Å². The molecule has 0 amide bonds. The van der Waals surface area contributed by atoms with E-state index < -0.39 is 5.97 Å². The number of hydrogen-bond donors (Lipinski definition) is 2. The normalized spacial score (nSPS) is 10.8. The van der Waals surface area contributed by atoms with Crippen molar-refractivity contribution in [2.75, 3.05) is 6.61 Å². The van der Waals surface area contributed by atoms with Crippen LogP contribution in [0, 0.1) is 11.3 Å². The summed E-state index contributed by atoms with van der Waals surface area (Å²) in [6.45, 7) is 0.107. The smallest absolute Gasteiger partial charge is 0.348 e. The lowest BCUT2D eigenvalue weighted by Crippen LogP contribution is -2.10. The number of ether oxygens (including phenoxy) is 1. The van der Waals surface area contributed by atoms with Gasteiger partial charge in [-0.25, -0.2) is 4.79 Å². The summed E-state index contributed by atoms with van der Waals surface area (Å²) in [5.74, 6) is -1.37. The summed E-state index contributed by atoms with van der Waals surface area (Å²) in [6.07, 6.45) is 3.38. The number of pyridine rings is 1. The van der Waals surface area contributed by atoms with Crippen LogP contribution in [0.2, 0.25) is 0 Å². The van der Waals surface area contributed by atoms with Gasteiger partial charge in [0.25, 0.3) is 0 Å². The number of carbonyl (C=O) groups is 1. The Morgan fingerprint density at radius 3 is 2.74 bits per heavy atom. The maximum absolute atomic E-state index is 11.9. The summed E-state index contributed by atoms with van der Waals surface area (Å²) < 4.78 is 5.04. The van der Waals surface area contributed by atoms with Gasteiger partial charge in [-0.05, 0) is 35.9 Å². The Bertz CT molecular complexity index is 764. The molecule has 0 bridgehead atoms. The average Bonchev–Trinajstić information content (AvgIpc) is 2.56. The zero-order valence-corrected chi connectivity index (χ0v) is 12.1. The molecule has 2 aromatic rings. The second-order valence-corrected chi connectivity index (χ2v) is 4.62. The molecular formula is C17H14N2O4. The summed E-state index contributed by atoms with van der Waals surface area (Å²) in [4.78, 5) is 16.0. The number of nitrogens with zero attached hydrogens (tertiary/aromatic N) is 2. The van der Waals surface area contributed by atoms with Crippen LogP contribution >= 0.6 is 0 Å². The second-order valence-electron chi connectivity index (χ2n) is 4.62. The van der Waals surface area contributed by atoms with Crippen LogP contribution in [-0.4, -0.2) is 27.8 Å². The Kier molecular flexibility index (Phi) is 5.31. The van der Waals surface area contributed by atoms with E-state index in [0.29, 0.717) is 12.0 Å². The number of hydrogen-bond acceptors (Lipinski definition) is 6. The number of phenolic OH excluding ortho intramolecular Hbond substituents is 2. The van der Waals surface area contributed by atoms with Gasteiger partial charge in [-0.15, -0.1) is 0 Å². The highest BCUT2D eigenvalue weighted by Gasteiger charge is 2.11. The maximum Gasteiger partial charge on any atom is 0.348 e. The minimum atomic E-state index is -0.754. The largest absolute Gasteiger partial charge is 0.504 e. The van der Waals surface area contributed by atoms with Crippen molar-refractivity contribution in [2.24, 2.45) is 0 Å². The zero-order valence-electron chi connectivity index (χ0n) is 12.1. The summed E-state index contributed by atoms with van der Waals surface area (Å²) >= 11 is 0. The number of benzene rings is 1. The second kappa shape index (κ2) is 7.61. The Balaban J connectivity index is 1.99. The quantitative estimate of drug-likeness (QED) is 0.380. The summed E-state index contributed by atoms with van der Waals surface area (Å²) in [7, 11) is 0. The van der Waals surface area contributed by atoms with E-state index in [1.54, 1.807) is 18.3 Å². The predicted octanol–water partition coefficient (Wildman–Crippen LogP) is 2.19. The van der Waals surface area contributed by atoms with E-state index in [2.05, 4.69) is 4.98 Å². The first-order valence-electron chi connectivity index (χ1n) is 6.81. The molecule has 23 heavy (non-hydrogen) atoms. The number of carbonyl (C=O) groups excluding carboxylic acids is 1. The van der Waals surface area contributed by atoms with Gasteiger partial charge in [0.15, 0.2) is 11.5 Å². The maximum atomic E-state index is 11.9. The minimum absolute atomic E-state index is 0.107. The Labute approximate surface area is 132 Å². The molecule has 0 fully saturated rings. The molecule has 1 heterocycles. The van der Waals surface area contributed by atoms with E-state index in [9.17, 15) is 15.0 Å². The fourth-order valence-corrected chi connectivity index (χ4v) is 1.81. The molecule has 0 saturated heterocycles. The minimum Gasteiger partial charge on any atom is -0.504 e. The van der Waals surface area contributed by atoms with Crippen molar-refractivity contribution in [1.82, 2.24) is 4.98 Å². The van der Waals surface area contributed by atoms with Gasteiger partial charge in [0, 0.05) is 18.3 Å². The lowest BCUT2D eigenvalue weighted by atomic mass is 10.1. The van der Waals surface area contributed by atoms with Crippen LogP contribution in [0.4, 0.5) is 0 Å². The standard InChI is InChI=1S/C17H14N2O4/c18-11-13(9-12-4-5-15(20)16(21)10-12)17(22)23-8-6-14-3-1-2-7-19-14/h1-5,7,9-10,20-21H,6,8H2. The molecule has 0 spiro atoms. The summed E-state index contributed by atoms with van der Waals surface area (Å²) in [5, 5.41) is 27.7. The SMILES string of the molecule is N#CC(=Cc1ccc(O)c(O)c1)C(=O)OCCc1ccccn1. The third-order valence-electron chi connectivity index (χ3n) is 2.97. The molecule has 2 N–H and O–H groups in total. The van der Waals surface area contributed by atoms with Gasteiger partial charge in [-0.2, -0.15) is 5.26 Å². The first-order chi connectivity index (χ1) is 11.1. The molecule has 0 aliphatic carbocycles. The van der Waals surface area contributed by atoms with Crippen LogP contribution in [0.1, 0.15) is 11.3 Å². The molecule has 6 nitrogen and oxygen atoms in total. The molecule has 1 aromatic carbocycles. The molecule has 6 heteroatoms. The third-order valence-corrected chi connectivity index (χ3v) is 2.97. The lowest BCUT2D eigenvalue weighted by Gasteiger charge is -2.04. The molecule has 0 unspecified atom stereocenters. The van der Waals surface area contributed by atoms with Gasteiger partial charge >= 0.3 is 5.97 Å². The summed E-state index contributed by atoms with van der Waals surface area (Å²) in [6, 6.07) is 11.2. The van der Waals surface area contributed by atoms with Crippen LogP contribution in [0.3, 0.4) is 0 Å². The molecule has 116 valence electrons. The van der Waals surface area contributed by atoms with Gasteiger partial charge < -0.3 is 14.9 Å². The highest BCUT2D eigenvalue weighted by Crippen LogP contribution is 2.25. The number of aromatic nitrogens is 1. The zero-order chi connectivity index (χ0) is 16.7. The van der Waals surface area contributed by atoms with E-state index >= 15 is 0 Å². The van der Waals surface area contributed by atoms with E-state index in [1.807, 2.05) is 12.1 Å². The third kappa shape index (κ3) is 4.58. The molecule has 1 aromatic heterocycles. The van der Waals surface area contributed by atoms with Crippen molar-refractivity contribution >= 4 is 12.0 Å². The molecule has 0 saturated carbocycles. The molecular weight excluding hydrogens is 296 g/mol. The molecule has 0 aliphatic heterocycles. The van der Waals surface area contributed by atoms with E-state index in [4.69, 9.17) is 10.00 Å². The Morgan fingerprint density at radius 1 is 1.26 bits per heavy atom. The van der Waals surface area contributed by atoms with Crippen LogP contribution in [0.5, 0.6) is 11.5 Å². The van der Waals surface area contributed by atoms with E-state index in [1.165, 1.54) is 24.3 Å². The van der Waals surface area contributed by atoms with Gasteiger partial charge in [0.05, 0.1) is 6.61 Å². The van der Waals surface area contributed by atoms with Crippen LogP contribution < -0.4 is 0 Å². The monoisotopic (exact) mass is 310 g/mol. The average molecular weight is 310 g/mol. The van der Waals surface area contributed by atoms with Crippen molar-refractivity contribution in [3.8, 4) is 17.6 Å². The van der Waals surface area contributed by atoms with Crippen molar-refractivity contribution in [3.63, 3.8) is 0 Å². The lowest BCUT2D eigenvalue weighted by molar-refractivity contribution is -0.138. The molecule has 0 radical (unpaired) electrons. The van der Waals surface area contributed by atoms with E-state index in [-0.39, 0.29) is 23.7 Å². The van der Waals surface area contributed by atoms with Crippen LogP contribution in [0.25, 0.3) is 6.08 Å². The van der Waals surface area contributed by atoms with Gasteiger partial charge in [0.1, 0.15) is 11.6 Å². The van der Waals surface area contributed by atoms with Gasteiger partial charge in [0.2, 0.25) is 0 Å². The first-order valence-corrected chi connectivity index (χ1v) is 6.81. The highest BCUT2D eigenvalue weighted by atomic mass is 16.5. The van der Waals surface area contributed by atoms with Crippen molar-refractivity contribution < 1.29 is 19.7 Å². The number of nitriles is 1. The van der Waals surface area contributed by atoms with Crippen molar-refractivity contribution in [2.45, 2.75) is 6.42 Å². The van der Waals surface area contributed by atoms with Crippen LogP contribution in [0.15, 0.2) is 48.2 Å². The number of esters is 1. The molecule has 2 rings (SSSR count). The fourth-order valence-electron chi connectivity index (χ4n) is 1.81. The predicted molar refractivity (Wildman–Crippen MR) is 82.3 cm³/mol. The molecule has 0 atom stereocenters. The van der Waals surface area contributed by atoms with Crippen molar-refractivity contribution in [1.29, 1.82) is 5.26 Å². The van der Waals surface area contributed by atoms with Gasteiger partial charge in [-0.3, -0.25) is 4.98 Å². The van der Waals surface area contributed by atoms with Gasteiger partial charge in [-0.1, -0.05) is 12.1 Å². The topological polar surface area (TPSA) is 103 Å². The van der Waals surface area contributed by atoms with Crippen LogP contribution in [-0.2, 0) is 16.0 Å². The Hall–Kier alpha value is -3.33. The molecule has 0 aliphatic rings. The summed E-state index contributed by atoms with van der Waals surface area (Å²) in [5.41, 5.74) is 0.987. The number of rotatable bonds is 5. The number of aromatic hydroxyl groups is 2. The first kappa shape index (κ1) is 16.0.